The number of ether oxygens (including phenoxy) is 1. The van der Waals surface area contributed by atoms with Crippen molar-refractivity contribution < 1.29 is 9.53 Å². The van der Waals surface area contributed by atoms with Crippen molar-refractivity contribution >= 4 is 5.91 Å². The van der Waals surface area contributed by atoms with Gasteiger partial charge in [0.15, 0.2) is 5.82 Å². The van der Waals surface area contributed by atoms with Gasteiger partial charge in [0, 0.05) is 11.8 Å². The van der Waals surface area contributed by atoms with Gasteiger partial charge in [0.2, 0.25) is 0 Å². The number of hydrazine groups is 1. The van der Waals surface area contributed by atoms with Gasteiger partial charge in [-0.05, 0) is 36.8 Å². The molecule has 1 aromatic carbocycles. The first-order valence-corrected chi connectivity index (χ1v) is 6.82. The van der Waals surface area contributed by atoms with Crippen LogP contribution in [-0.2, 0) is 0 Å². The molecular weight excluding hydrogens is 268 g/mol. The van der Waals surface area contributed by atoms with E-state index in [0.29, 0.717) is 12.4 Å². The number of carbonyl (C=O) groups is 1. The highest BCUT2D eigenvalue weighted by atomic mass is 16.5. The lowest BCUT2D eigenvalue weighted by molar-refractivity contribution is 0.0948. The van der Waals surface area contributed by atoms with Crippen LogP contribution in [0.1, 0.15) is 30.3 Å². The monoisotopic (exact) mass is 286 g/mol. The smallest absolute Gasteiger partial charge is 0.283 e. The minimum atomic E-state index is -0.446. The molecule has 110 valence electrons. The van der Waals surface area contributed by atoms with E-state index in [1.165, 1.54) is 12.3 Å². The minimum Gasteiger partial charge on any atom is -0.494 e. The second-order valence-corrected chi connectivity index (χ2v) is 4.47. The van der Waals surface area contributed by atoms with Gasteiger partial charge in [0.25, 0.3) is 5.91 Å². The summed E-state index contributed by atoms with van der Waals surface area (Å²) in [7, 11) is 0. The number of unbranched alkanes of at least 4 members (excludes halogenated alkanes) is 1. The van der Waals surface area contributed by atoms with Crippen molar-refractivity contribution in [1.82, 2.24) is 15.4 Å². The van der Waals surface area contributed by atoms with E-state index in [2.05, 4.69) is 16.9 Å². The molecule has 6 nitrogen and oxygen atoms in total. The number of carbonyl (C=O) groups excluding carboxylic acids is 1. The molecular formula is C15H18N4O2. The van der Waals surface area contributed by atoms with Gasteiger partial charge in [0.1, 0.15) is 11.4 Å². The van der Waals surface area contributed by atoms with Gasteiger partial charge < -0.3 is 4.74 Å². The fourth-order valence-corrected chi connectivity index (χ4v) is 1.73. The number of aromatic nitrogens is 2. The van der Waals surface area contributed by atoms with E-state index in [0.717, 1.165) is 24.2 Å². The van der Waals surface area contributed by atoms with Crippen LogP contribution in [0.4, 0.5) is 0 Å². The van der Waals surface area contributed by atoms with Crippen LogP contribution in [-0.4, -0.2) is 22.5 Å². The van der Waals surface area contributed by atoms with Crippen molar-refractivity contribution in [2.45, 2.75) is 19.8 Å². The molecule has 0 saturated carbocycles. The Morgan fingerprint density at radius 3 is 2.71 bits per heavy atom. The lowest BCUT2D eigenvalue weighted by Gasteiger charge is -2.06. The number of hydrogen-bond donors (Lipinski definition) is 2. The molecule has 21 heavy (non-hydrogen) atoms. The predicted octanol–water partition coefficient (Wildman–Crippen LogP) is 1.93. The average Bonchev–Trinajstić information content (AvgIpc) is 2.55. The molecule has 1 aromatic heterocycles. The molecule has 0 saturated heterocycles. The van der Waals surface area contributed by atoms with E-state index in [9.17, 15) is 4.79 Å². The zero-order valence-electron chi connectivity index (χ0n) is 11.9. The van der Waals surface area contributed by atoms with E-state index in [4.69, 9.17) is 10.6 Å². The van der Waals surface area contributed by atoms with E-state index in [-0.39, 0.29) is 5.69 Å². The molecule has 0 atom stereocenters. The largest absolute Gasteiger partial charge is 0.494 e. The van der Waals surface area contributed by atoms with Gasteiger partial charge in [-0.1, -0.05) is 13.3 Å². The Hall–Kier alpha value is -2.47. The summed E-state index contributed by atoms with van der Waals surface area (Å²) in [5, 5.41) is 0. The van der Waals surface area contributed by atoms with Gasteiger partial charge in [-0.3, -0.25) is 10.2 Å². The van der Waals surface area contributed by atoms with Gasteiger partial charge in [-0.15, -0.1) is 0 Å². The molecule has 0 aliphatic rings. The Morgan fingerprint density at radius 2 is 2.05 bits per heavy atom. The zero-order chi connectivity index (χ0) is 15.1. The van der Waals surface area contributed by atoms with E-state index in [1.54, 1.807) is 0 Å². The summed E-state index contributed by atoms with van der Waals surface area (Å²) < 4.78 is 5.60. The van der Waals surface area contributed by atoms with Crippen LogP contribution >= 0.6 is 0 Å². The number of nitrogens with two attached hydrogens (primary N) is 1. The highest BCUT2D eigenvalue weighted by molar-refractivity contribution is 5.92. The lowest BCUT2D eigenvalue weighted by Crippen LogP contribution is -2.30. The summed E-state index contributed by atoms with van der Waals surface area (Å²) in [5.74, 6) is 5.93. The van der Waals surface area contributed by atoms with Gasteiger partial charge >= 0.3 is 0 Å². The Labute approximate surface area is 123 Å². The van der Waals surface area contributed by atoms with Crippen molar-refractivity contribution in [3.8, 4) is 17.1 Å². The molecule has 0 aliphatic carbocycles. The summed E-state index contributed by atoms with van der Waals surface area (Å²) >= 11 is 0. The Morgan fingerprint density at radius 1 is 1.29 bits per heavy atom. The maximum absolute atomic E-state index is 11.5. The van der Waals surface area contributed by atoms with Crippen LogP contribution in [0.25, 0.3) is 11.4 Å². The second kappa shape index (κ2) is 7.35. The summed E-state index contributed by atoms with van der Waals surface area (Å²) in [5.41, 5.74) is 3.09. The highest BCUT2D eigenvalue weighted by Gasteiger charge is 2.08. The molecule has 2 rings (SSSR count). The maximum atomic E-state index is 11.5. The van der Waals surface area contributed by atoms with E-state index < -0.39 is 5.91 Å². The van der Waals surface area contributed by atoms with Crippen molar-refractivity contribution in [3.05, 3.63) is 42.2 Å². The highest BCUT2D eigenvalue weighted by Crippen LogP contribution is 2.19. The summed E-state index contributed by atoms with van der Waals surface area (Å²) in [6.07, 6.45) is 3.65. The fourth-order valence-electron chi connectivity index (χ4n) is 1.73. The molecule has 0 unspecified atom stereocenters. The first kappa shape index (κ1) is 14.9. The summed E-state index contributed by atoms with van der Waals surface area (Å²) in [6, 6.07) is 8.96. The molecule has 0 spiro atoms. The SMILES string of the molecule is CCCCOc1ccc(-c2nccc(C(=O)NN)n2)cc1. The summed E-state index contributed by atoms with van der Waals surface area (Å²) in [4.78, 5) is 19.8. The normalized spacial score (nSPS) is 10.2. The Kier molecular flexibility index (Phi) is 5.22. The molecule has 0 aliphatic heterocycles. The van der Waals surface area contributed by atoms with E-state index >= 15 is 0 Å². The van der Waals surface area contributed by atoms with Crippen LogP contribution in [0.2, 0.25) is 0 Å². The van der Waals surface area contributed by atoms with Gasteiger partial charge in [0.05, 0.1) is 6.61 Å². The number of benzene rings is 1. The van der Waals surface area contributed by atoms with Gasteiger partial charge in [-0.25, -0.2) is 15.8 Å². The standard InChI is InChI=1S/C15H18N4O2/c1-2-3-10-21-12-6-4-11(5-7-12)14-17-9-8-13(18-14)15(20)19-16/h4-9H,2-3,10,16H2,1H3,(H,19,20). The topological polar surface area (TPSA) is 90.1 Å². The Balaban J connectivity index is 2.13. The number of nitrogen functional groups attached to an aromatic ring is 1. The molecule has 6 heteroatoms. The first-order chi connectivity index (χ1) is 10.2. The first-order valence-electron chi connectivity index (χ1n) is 6.82. The molecule has 0 radical (unpaired) electrons. The maximum Gasteiger partial charge on any atom is 0.283 e. The number of nitrogens with one attached hydrogen (secondary N) is 1. The lowest BCUT2D eigenvalue weighted by atomic mass is 10.2. The number of hydrogen-bond acceptors (Lipinski definition) is 5. The van der Waals surface area contributed by atoms with Crippen LogP contribution in [0.3, 0.4) is 0 Å². The molecule has 1 heterocycles. The van der Waals surface area contributed by atoms with Crippen molar-refractivity contribution in [3.63, 3.8) is 0 Å². The quantitative estimate of drug-likeness (QED) is 0.366. The van der Waals surface area contributed by atoms with Crippen LogP contribution < -0.4 is 16.0 Å². The van der Waals surface area contributed by atoms with Crippen LogP contribution in [0.5, 0.6) is 5.75 Å². The van der Waals surface area contributed by atoms with Crippen molar-refractivity contribution in [1.29, 1.82) is 0 Å². The third-order valence-electron chi connectivity index (χ3n) is 2.90. The van der Waals surface area contributed by atoms with Crippen LogP contribution in [0.15, 0.2) is 36.5 Å². The third-order valence-corrected chi connectivity index (χ3v) is 2.90. The summed E-state index contributed by atoms with van der Waals surface area (Å²) in [6.45, 7) is 2.83. The second-order valence-electron chi connectivity index (χ2n) is 4.47. The fraction of sp³-hybridized carbons (Fsp3) is 0.267. The third kappa shape index (κ3) is 4.00. The number of amides is 1. The Bertz CT molecular complexity index is 599. The molecule has 3 N–H and O–H groups in total. The van der Waals surface area contributed by atoms with Gasteiger partial charge in [-0.2, -0.15) is 0 Å². The van der Waals surface area contributed by atoms with Crippen molar-refractivity contribution in [2.75, 3.05) is 6.61 Å². The van der Waals surface area contributed by atoms with Crippen molar-refractivity contribution in [2.24, 2.45) is 5.84 Å². The van der Waals surface area contributed by atoms with Crippen LogP contribution in [0, 0.1) is 0 Å². The molecule has 1 amide bonds. The van der Waals surface area contributed by atoms with E-state index in [1.807, 2.05) is 29.7 Å². The predicted molar refractivity (Wildman–Crippen MR) is 79.5 cm³/mol. The molecule has 2 aromatic rings. The number of rotatable bonds is 6. The zero-order valence-corrected chi connectivity index (χ0v) is 11.9. The average molecular weight is 286 g/mol. The number of nitrogens with zero attached hydrogens (tertiary/aromatic N) is 2. The minimum absolute atomic E-state index is 0.228. The molecule has 0 fully saturated rings. The molecule has 0 bridgehead atoms.